The lowest BCUT2D eigenvalue weighted by Crippen LogP contribution is -2.62. The lowest BCUT2D eigenvalue weighted by molar-refractivity contribution is -0.147. The largest absolute Gasteiger partial charge is 0.480 e. The minimum atomic E-state index is -1.28. The van der Waals surface area contributed by atoms with Crippen LogP contribution in [0, 0.1) is 11.8 Å². The molecule has 1 unspecified atom stereocenters. The molecule has 11 N–H and O–H groups in total. The lowest BCUT2D eigenvalue weighted by atomic mass is 9.83. The van der Waals surface area contributed by atoms with E-state index in [0.717, 1.165) is 42.4 Å². The number of carbonyl (C=O) groups excluding carboxylic acids is 5. The summed E-state index contributed by atoms with van der Waals surface area (Å²) in [5.74, 6) is -4.82. The van der Waals surface area contributed by atoms with Crippen LogP contribution < -0.4 is 38.5 Å². The number of thiophene rings is 1. The van der Waals surface area contributed by atoms with Gasteiger partial charge in [-0.25, -0.2) is 4.79 Å². The Labute approximate surface area is 414 Å². The summed E-state index contributed by atoms with van der Waals surface area (Å²) < 4.78 is 0. The van der Waals surface area contributed by atoms with Crippen molar-refractivity contribution in [1.82, 2.24) is 26.2 Å². The van der Waals surface area contributed by atoms with Crippen molar-refractivity contribution >= 4 is 52.8 Å². The summed E-state index contributed by atoms with van der Waals surface area (Å²) in [4.78, 5) is 90.0. The normalized spacial score (nSPS) is 16.9. The Morgan fingerprint density at radius 3 is 2.04 bits per heavy atom. The number of nitrogens with two attached hydrogens (primary N) is 3. The van der Waals surface area contributed by atoms with Gasteiger partial charge in [-0.15, -0.1) is 0 Å². The van der Waals surface area contributed by atoms with Crippen molar-refractivity contribution in [3.8, 4) is 0 Å². The van der Waals surface area contributed by atoms with Crippen molar-refractivity contribution < 1.29 is 33.9 Å². The number of benzene rings is 3. The highest BCUT2D eigenvalue weighted by molar-refractivity contribution is 7.08. The molecule has 0 bridgehead atoms. The number of carbonyl (C=O) groups is 6. The zero-order valence-electron chi connectivity index (χ0n) is 40.2. The highest BCUT2D eigenvalue weighted by Gasteiger charge is 2.41. The highest BCUT2D eigenvalue weighted by atomic mass is 32.1. The molecule has 6 atom stereocenters. The molecule has 1 fully saturated rings. The van der Waals surface area contributed by atoms with Gasteiger partial charge in [0.25, 0.3) is 0 Å². The number of aliphatic imine (C=N–C) groups is 1. The molecule has 0 spiro atoms. The molecule has 1 aromatic heterocycles. The van der Waals surface area contributed by atoms with Crippen LogP contribution in [0.4, 0.5) is 0 Å². The first-order valence-electron chi connectivity index (χ1n) is 24.4. The predicted octanol–water partition coefficient (Wildman–Crippen LogP) is 4.11. The first-order chi connectivity index (χ1) is 33.7. The van der Waals surface area contributed by atoms with Crippen molar-refractivity contribution in [2.45, 2.75) is 134 Å². The zero-order valence-corrected chi connectivity index (χ0v) is 41.0. The number of fused-ring (bicyclic) bond motifs is 1. The van der Waals surface area contributed by atoms with Crippen molar-refractivity contribution in [2.75, 3.05) is 6.54 Å². The fourth-order valence-corrected chi connectivity index (χ4v) is 10.3. The smallest absolute Gasteiger partial charge is 0.326 e. The molecule has 3 aromatic carbocycles. The third-order valence-corrected chi connectivity index (χ3v) is 14.2. The zero-order chi connectivity index (χ0) is 50.2. The Bertz CT molecular complexity index is 2420. The second-order valence-corrected chi connectivity index (χ2v) is 19.6. The van der Waals surface area contributed by atoms with Gasteiger partial charge in [0, 0.05) is 25.9 Å². The Kier molecular flexibility index (Phi) is 19.5. The molecule has 374 valence electrons. The van der Waals surface area contributed by atoms with E-state index in [1.807, 2.05) is 62.4 Å². The van der Waals surface area contributed by atoms with E-state index in [4.69, 9.17) is 17.2 Å². The van der Waals surface area contributed by atoms with Crippen LogP contribution in [0.3, 0.4) is 0 Å². The molecular formula is C53H69N9O7S. The number of nitrogens with one attached hydrogen (secondary N) is 4. The van der Waals surface area contributed by atoms with Gasteiger partial charge in [-0.2, -0.15) is 11.3 Å². The van der Waals surface area contributed by atoms with E-state index in [1.54, 1.807) is 35.6 Å². The molecule has 1 aliphatic carbocycles. The van der Waals surface area contributed by atoms with Gasteiger partial charge < -0.3 is 48.5 Å². The number of guanidine groups is 1. The average Bonchev–Trinajstić information content (AvgIpc) is 3.80. The minimum absolute atomic E-state index is 0.0204. The number of rotatable bonds is 23. The van der Waals surface area contributed by atoms with E-state index in [9.17, 15) is 29.1 Å². The van der Waals surface area contributed by atoms with Gasteiger partial charge in [0.05, 0.1) is 6.04 Å². The van der Waals surface area contributed by atoms with Crippen molar-refractivity contribution in [2.24, 2.45) is 34.0 Å². The molecule has 17 heteroatoms. The fraction of sp³-hybridized carbons (Fsp3) is 0.453. The van der Waals surface area contributed by atoms with Gasteiger partial charge in [0.2, 0.25) is 29.5 Å². The van der Waals surface area contributed by atoms with Crippen LogP contribution >= 0.6 is 11.3 Å². The van der Waals surface area contributed by atoms with Gasteiger partial charge in [0.15, 0.2) is 5.96 Å². The molecule has 1 aliphatic heterocycles. The molecule has 0 saturated heterocycles. The highest BCUT2D eigenvalue weighted by Crippen LogP contribution is 2.29. The summed E-state index contributed by atoms with van der Waals surface area (Å²) in [5, 5.41) is 25.9. The van der Waals surface area contributed by atoms with Crippen molar-refractivity contribution in [3.63, 3.8) is 0 Å². The van der Waals surface area contributed by atoms with Crippen LogP contribution in [-0.2, 0) is 61.0 Å². The molecule has 6 rings (SSSR count). The molecular weight excluding hydrogens is 907 g/mol. The summed E-state index contributed by atoms with van der Waals surface area (Å²) in [6, 6.07) is 19.9. The molecule has 2 aliphatic rings. The number of hydrogen-bond acceptors (Lipinski definition) is 9. The van der Waals surface area contributed by atoms with E-state index in [1.165, 1.54) is 16.0 Å². The van der Waals surface area contributed by atoms with E-state index < -0.39 is 71.8 Å². The topological polar surface area (TPSA) is 264 Å². The average molecular weight is 976 g/mol. The van der Waals surface area contributed by atoms with Gasteiger partial charge >= 0.3 is 5.97 Å². The molecule has 1 saturated carbocycles. The third-order valence-electron chi connectivity index (χ3n) is 13.4. The van der Waals surface area contributed by atoms with Gasteiger partial charge in [0.1, 0.15) is 30.2 Å². The summed E-state index contributed by atoms with van der Waals surface area (Å²) >= 11 is 1.61. The standard InChI is InChI=1S/C53H69N9O7S/c1-33(2)45(60-47(63)41(54)25-24-39-31-70-32-40(39)27-34-15-6-3-7-16-34)49(65)61-46(36-19-10-5-11-20-36)50(66)58-42(23-14-26-57-53(55)56)51(67)62-30-38-22-13-12-21-37(38)29-44(62)48(64)59-43(52(68)69)28-35-17-8-4-9-18-35/h3-4,6-9,12-13,15-18,21-22,31-33,36,41-46H,5,10-11,14,19-20,23-30,54H2,1-2H3,(H,58,66)(H,59,64)(H,60,63)(H,61,65)(H,68,69)(H4,55,56,57)/t41-,42-,43-,44-,45-,46?/m0/s1. The van der Waals surface area contributed by atoms with E-state index in [2.05, 4.69) is 49.2 Å². The molecule has 5 amide bonds. The van der Waals surface area contributed by atoms with Crippen LogP contribution in [0.25, 0.3) is 0 Å². The number of hydrogen-bond donors (Lipinski definition) is 8. The van der Waals surface area contributed by atoms with E-state index in [0.29, 0.717) is 31.2 Å². The fourth-order valence-electron chi connectivity index (χ4n) is 9.41. The van der Waals surface area contributed by atoms with E-state index >= 15 is 4.79 Å². The Hall–Kier alpha value is -6.59. The van der Waals surface area contributed by atoms with Crippen LogP contribution in [-0.4, -0.2) is 94.3 Å². The molecule has 2 heterocycles. The first-order valence-corrected chi connectivity index (χ1v) is 25.4. The molecule has 4 aromatic rings. The number of amides is 5. The number of carboxylic acids is 1. The summed E-state index contributed by atoms with van der Waals surface area (Å²) in [6.45, 7) is 3.79. The maximum absolute atomic E-state index is 15.0. The lowest BCUT2D eigenvalue weighted by Gasteiger charge is -2.39. The number of aryl methyl sites for hydroxylation is 1. The summed E-state index contributed by atoms with van der Waals surface area (Å²) in [7, 11) is 0. The maximum Gasteiger partial charge on any atom is 0.326 e. The van der Waals surface area contributed by atoms with Crippen LogP contribution in [0.2, 0.25) is 0 Å². The Morgan fingerprint density at radius 1 is 0.743 bits per heavy atom. The number of nitrogens with zero attached hydrogens (tertiary/aromatic N) is 2. The van der Waals surface area contributed by atoms with E-state index in [-0.39, 0.29) is 56.6 Å². The molecule has 0 radical (unpaired) electrons. The molecule has 70 heavy (non-hydrogen) atoms. The van der Waals surface area contributed by atoms with Crippen LogP contribution in [0.5, 0.6) is 0 Å². The monoisotopic (exact) mass is 976 g/mol. The van der Waals surface area contributed by atoms with Gasteiger partial charge in [-0.1, -0.05) is 118 Å². The second-order valence-electron chi connectivity index (χ2n) is 18.9. The Balaban J connectivity index is 1.19. The predicted molar refractivity (Wildman–Crippen MR) is 271 cm³/mol. The quantitative estimate of drug-likeness (QED) is 0.0300. The van der Waals surface area contributed by atoms with Crippen molar-refractivity contribution in [1.29, 1.82) is 0 Å². The second kappa shape index (κ2) is 25.9. The number of carboxylic acid groups (broad SMARTS) is 1. The minimum Gasteiger partial charge on any atom is -0.480 e. The van der Waals surface area contributed by atoms with Crippen molar-refractivity contribution in [3.05, 3.63) is 129 Å². The summed E-state index contributed by atoms with van der Waals surface area (Å²) in [5.41, 5.74) is 23.6. The number of aliphatic carboxylic acids is 1. The third kappa shape index (κ3) is 15.0. The maximum atomic E-state index is 15.0. The van der Waals surface area contributed by atoms with Gasteiger partial charge in [-0.3, -0.25) is 29.0 Å². The van der Waals surface area contributed by atoms with Crippen LogP contribution in [0.15, 0.2) is 101 Å². The molecule has 16 nitrogen and oxygen atoms in total. The summed E-state index contributed by atoms with van der Waals surface area (Å²) in [6.07, 6.45) is 6.16. The van der Waals surface area contributed by atoms with Crippen LogP contribution in [0.1, 0.15) is 98.6 Å². The first kappa shape index (κ1) is 52.8. The SMILES string of the molecule is CC(C)[C@H](NC(=O)[C@@H](N)CCc1cscc1Cc1ccccc1)C(=O)NC(C(=O)N[C@@H](CCCN=C(N)N)C(=O)N1Cc2ccccc2C[C@H]1C(=O)N[C@@H](Cc1ccccc1)C(=O)O)C1CCCCC1. The van der Waals surface area contributed by atoms with Gasteiger partial charge in [-0.05, 0) is 101 Å². The Morgan fingerprint density at radius 2 is 1.39 bits per heavy atom.